The highest BCUT2D eigenvalue weighted by Gasteiger charge is 2.27. The first-order valence-electron chi connectivity index (χ1n) is 8.22. The molecule has 0 spiro atoms. The van der Waals surface area contributed by atoms with Crippen molar-refractivity contribution in [1.82, 2.24) is 9.97 Å². The average molecular weight is 301 g/mol. The molecule has 4 heteroatoms. The molecule has 1 fully saturated rings. The summed E-state index contributed by atoms with van der Waals surface area (Å²) < 4.78 is 0. The van der Waals surface area contributed by atoms with E-state index in [-0.39, 0.29) is 0 Å². The summed E-state index contributed by atoms with van der Waals surface area (Å²) in [5.41, 5.74) is 1.56. The molecule has 0 amide bonds. The van der Waals surface area contributed by atoms with Crippen molar-refractivity contribution in [3.05, 3.63) is 16.8 Å². The van der Waals surface area contributed by atoms with Crippen molar-refractivity contribution in [2.75, 3.05) is 18.0 Å². The highest BCUT2D eigenvalue weighted by Crippen LogP contribution is 2.40. The Morgan fingerprint density at radius 3 is 2.67 bits per heavy atom. The summed E-state index contributed by atoms with van der Waals surface area (Å²) >= 11 is 1.90. The van der Waals surface area contributed by atoms with E-state index < -0.39 is 0 Å². The number of piperidine rings is 1. The van der Waals surface area contributed by atoms with Gasteiger partial charge < -0.3 is 4.90 Å². The first kappa shape index (κ1) is 13.5. The van der Waals surface area contributed by atoms with Gasteiger partial charge in [-0.1, -0.05) is 13.8 Å². The van der Waals surface area contributed by atoms with Gasteiger partial charge in [0.25, 0.3) is 0 Å². The van der Waals surface area contributed by atoms with Gasteiger partial charge in [-0.15, -0.1) is 11.3 Å². The summed E-state index contributed by atoms with van der Waals surface area (Å²) in [6, 6.07) is 0. The number of anilines is 1. The fraction of sp³-hybridized carbons (Fsp3) is 0.647. The van der Waals surface area contributed by atoms with Gasteiger partial charge in [0.1, 0.15) is 17.0 Å². The van der Waals surface area contributed by atoms with Crippen LogP contribution in [0.4, 0.5) is 5.82 Å². The largest absolute Gasteiger partial charge is 0.355 e. The van der Waals surface area contributed by atoms with E-state index in [2.05, 4.69) is 23.7 Å². The van der Waals surface area contributed by atoms with Crippen LogP contribution < -0.4 is 4.90 Å². The van der Waals surface area contributed by atoms with Crippen LogP contribution >= 0.6 is 11.3 Å². The number of hydrogen-bond acceptors (Lipinski definition) is 4. The topological polar surface area (TPSA) is 29.0 Å². The minimum Gasteiger partial charge on any atom is -0.355 e. The van der Waals surface area contributed by atoms with Gasteiger partial charge in [-0.2, -0.15) is 0 Å². The molecule has 2 aromatic heterocycles. The van der Waals surface area contributed by atoms with Crippen molar-refractivity contribution >= 4 is 27.4 Å². The molecule has 3 nitrogen and oxygen atoms in total. The van der Waals surface area contributed by atoms with Gasteiger partial charge >= 0.3 is 0 Å². The molecule has 3 heterocycles. The van der Waals surface area contributed by atoms with Crippen LogP contribution in [0.1, 0.15) is 43.6 Å². The number of aromatic nitrogens is 2. The molecule has 2 atom stereocenters. The minimum absolute atomic E-state index is 0.758. The Morgan fingerprint density at radius 2 is 1.86 bits per heavy atom. The van der Waals surface area contributed by atoms with Crippen LogP contribution in [0.15, 0.2) is 6.33 Å². The zero-order valence-corrected chi connectivity index (χ0v) is 13.7. The quantitative estimate of drug-likeness (QED) is 0.795. The van der Waals surface area contributed by atoms with Gasteiger partial charge in [-0.3, -0.25) is 0 Å². The number of hydrogen-bond donors (Lipinski definition) is 0. The molecule has 2 aliphatic rings. The van der Waals surface area contributed by atoms with Gasteiger partial charge in [0.2, 0.25) is 0 Å². The molecule has 112 valence electrons. The number of thiophene rings is 1. The molecule has 1 aliphatic carbocycles. The SMILES string of the molecule is C[C@@H]1C[C@@H](C)CN(c2ncnc3sc4c(c23)CCCC4)C1. The Bertz CT molecular complexity index is 653. The Hall–Kier alpha value is -1.16. The first-order valence-corrected chi connectivity index (χ1v) is 9.04. The standard InChI is InChI=1S/C17H23N3S/c1-11-7-12(2)9-20(8-11)16-15-13-5-3-4-6-14(13)21-17(15)19-10-18-16/h10-12H,3-9H2,1-2H3/t11-,12-/m1/s1. The predicted molar refractivity (Wildman–Crippen MR) is 89.2 cm³/mol. The van der Waals surface area contributed by atoms with Gasteiger partial charge in [-0.25, -0.2) is 9.97 Å². The van der Waals surface area contributed by atoms with Gasteiger partial charge in [0, 0.05) is 18.0 Å². The van der Waals surface area contributed by atoms with Crippen LogP contribution in [0.3, 0.4) is 0 Å². The molecule has 0 unspecified atom stereocenters. The summed E-state index contributed by atoms with van der Waals surface area (Å²) in [6.45, 7) is 7.01. The van der Waals surface area contributed by atoms with Crippen LogP contribution in [0, 0.1) is 11.8 Å². The number of fused-ring (bicyclic) bond motifs is 3. The van der Waals surface area contributed by atoms with Crippen molar-refractivity contribution in [1.29, 1.82) is 0 Å². The van der Waals surface area contributed by atoms with Crippen LogP contribution in [-0.2, 0) is 12.8 Å². The van der Waals surface area contributed by atoms with Crippen LogP contribution in [0.5, 0.6) is 0 Å². The number of nitrogens with zero attached hydrogens (tertiary/aromatic N) is 3. The molecule has 0 N–H and O–H groups in total. The second kappa shape index (κ2) is 5.24. The highest BCUT2D eigenvalue weighted by molar-refractivity contribution is 7.19. The maximum absolute atomic E-state index is 4.70. The molecule has 4 rings (SSSR count). The lowest BCUT2D eigenvalue weighted by molar-refractivity contribution is 0.356. The lowest BCUT2D eigenvalue weighted by atomic mass is 9.91. The van der Waals surface area contributed by atoms with Crippen molar-refractivity contribution in [2.45, 2.75) is 46.0 Å². The predicted octanol–water partition coefficient (Wildman–Crippen LogP) is 4.05. The molecule has 0 bridgehead atoms. The van der Waals surface area contributed by atoms with Crippen LogP contribution in [-0.4, -0.2) is 23.1 Å². The minimum atomic E-state index is 0.758. The molecule has 1 saturated heterocycles. The van der Waals surface area contributed by atoms with E-state index in [0.717, 1.165) is 24.9 Å². The van der Waals surface area contributed by atoms with E-state index in [1.54, 1.807) is 16.8 Å². The van der Waals surface area contributed by atoms with Crippen molar-refractivity contribution < 1.29 is 0 Å². The Kier molecular flexibility index (Phi) is 3.37. The summed E-state index contributed by atoms with van der Waals surface area (Å²) in [6.07, 6.45) is 8.22. The second-order valence-electron chi connectivity index (χ2n) is 6.94. The molecule has 0 saturated carbocycles. The van der Waals surface area contributed by atoms with Crippen molar-refractivity contribution in [3.8, 4) is 0 Å². The zero-order valence-electron chi connectivity index (χ0n) is 12.9. The van der Waals surface area contributed by atoms with Crippen molar-refractivity contribution in [3.63, 3.8) is 0 Å². The van der Waals surface area contributed by atoms with E-state index in [0.29, 0.717) is 0 Å². The van der Waals surface area contributed by atoms with Crippen LogP contribution in [0.2, 0.25) is 0 Å². The Labute approximate surface area is 130 Å². The molecule has 21 heavy (non-hydrogen) atoms. The van der Waals surface area contributed by atoms with E-state index in [4.69, 9.17) is 4.98 Å². The maximum atomic E-state index is 4.70. The van der Waals surface area contributed by atoms with Crippen molar-refractivity contribution in [2.24, 2.45) is 11.8 Å². The second-order valence-corrected chi connectivity index (χ2v) is 8.02. The van der Waals surface area contributed by atoms with Gasteiger partial charge in [0.15, 0.2) is 0 Å². The fourth-order valence-electron chi connectivity index (χ4n) is 4.15. The Morgan fingerprint density at radius 1 is 1.10 bits per heavy atom. The average Bonchev–Trinajstić information content (AvgIpc) is 2.84. The molecule has 2 aromatic rings. The molecule has 1 aliphatic heterocycles. The third-order valence-electron chi connectivity index (χ3n) is 4.90. The molecule has 0 aromatic carbocycles. The summed E-state index contributed by atoms with van der Waals surface area (Å²) in [5.74, 6) is 2.72. The lowest BCUT2D eigenvalue weighted by Crippen LogP contribution is -2.39. The van der Waals surface area contributed by atoms with E-state index in [9.17, 15) is 0 Å². The lowest BCUT2D eigenvalue weighted by Gasteiger charge is -2.36. The third-order valence-corrected chi connectivity index (χ3v) is 6.10. The zero-order chi connectivity index (χ0) is 14.4. The van der Waals surface area contributed by atoms with E-state index in [1.165, 1.54) is 48.1 Å². The summed E-state index contributed by atoms with van der Waals surface area (Å²) in [7, 11) is 0. The smallest absolute Gasteiger partial charge is 0.141 e. The van der Waals surface area contributed by atoms with Gasteiger partial charge in [0.05, 0.1) is 5.39 Å². The molecule has 0 radical (unpaired) electrons. The highest BCUT2D eigenvalue weighted by atomic mass is 32.1. The van der Waals surface area contributed by atoms with E-state index >= 15 is 0 Å². The van der Waals surface area contributed by atoms with Crippen LogP contribution in [0.25, 0.3) is 10.2 Å². The summed E-state index contributed by atoms with van der Waals surface area (Å²) in [4.78, 5) is 14.6. The molecular weight excluding hydrogens is 278 g/mol. The first-order chi connectivity index (χ1) is 10.2. The Balaban J connectivity index is 1.83. The monoisotopic (exact) mass is 301 g/mol. The third kappa shape index (κ3) is 2.33. The van der Waals surface area contributed by atoms with Gasteiger partial charge in [-0.05, 0) is 49.5 Å². The summed E-state index contributed by atoms with van der Waals surface area (Å²) in [5, 5.41) is 1.37. The number of aryl methyl sites for hydroxylation is 2. The fourth-order valence-corrected chi connectivity index (χ4v) is 5.37. The normalized spacial score (nSPS) is 26.1. The maximum Gasteiger partial charge on any atom is 0.141 e. The van der Waals surface area contributed by atoms with E-state index in [1.807, 2.05) is 11.3 Å². The molecular formula is C17H23N3S. The number of rotatable bonds is 1.